The Balaban J connectivity index is 0. The highest BCUT2D eigenvalue weighted by molar-refractivity contribution is 5.14. The fraction of sp³-hybridized carbons (Fsp3) is 0.636. The predicted molar refractivity (Wildman–Crippen MR) is 54.8 cm³/mol. The summed E-state index contributed by atoms with van der Waals surface area (Å²) < 4.78 is 0. The average molecular weight is 154 g/mol. The molecule has 11 heavy (non-hydrogen) atoms. The smallest absolute Gasteiger partial charge is 0.0350 e. The molecule has 0 heteroatoms. The first-order chi connectivity index (χ1) is 5.31. The average Bonchev–Trinajstić information content (AvgIpc) is 2.08. The zero-order valence-corrected chi connectivity index (χ0v) is 8.65. The Morgan fingerprint density at radius 3 is 2.18 bits per heavy atom. The van der Waals surface area contributed by atoms with Gasteiger partial charge in [-0.2, -0.15) is 0 Å². The van der Waals surface area contributed by atoms with Gasteiger partial charge in [0.15, 0.2) is 0 Å². The van der Waals surface area contributed by atoms with Gasteiger partial charge in [-0.05, 0) is 20.3 Å². The largest absolute Gasteiger partial charge is 0.0847 e. The van der Waals surface area contributed by atoms with Crippen molar-refractivity contribution in [3.8, 4) is 0 Å². The summed E-state index contributed by atoms with van der Waals surface area (Å²) in [6, 6.07) is 0. The fourth-order valence-electron chi connectivity index (χ4n) is 0.532. The van der Waals surface area contributed by atoms with Crippen molar-refractivity contribution in [2.24, 2.45) is 0 Å². The number of unbranched alkanes of at least 4 members (excludes halogenated alkanes) is 1. The summed E-state index contributed by atoms with van der Waals surface area (Å²) >= 11 is 0. The lowest BCUT2D eigenvalue weighted by Crippen LogP contribution is -1.65. The normalized spacial score (nSPS) is 11.2. The summed E-state index contributed by atoms with van der Waals surface area (Å²) in [5.74, 6) is 0. The second-order valence-corrected chi connectivity index (χ2v) is 2.22. The molecule has 0 aliphatic heterocycles. The highest BCUT2D eigenvalue weighted by Crippen LogP contribution is 1.96. The molecular weight excluding hydrogens is 132 g/mol. The molecule has 0 amide bonds. The number of allylic oxidation sites excluding steroid dienone is 4. The van der Waals surface area contributed by atoms with Crippen molar-refractivity contribution in [3.63, 3.8) is 0 Å². The van der Waals surface area contributed by atoms with Crippen molar-refractivity contribution in [2.75, 3.05) is 0 Å². The maximum atomic E-state index is 2.22. The van der Waals surface area contributed by atoms with Gasteiger partial charge in [-0.25, -0.2) is 0 Å². The van der Waals surface area contributed by atoms with Gasteiger partial charge < -0.3 is 0 Å². The van der Waals surface area contributed by atoms with Crippen LogP contribution in [0.1, 0.15) is 47.5 Å². The minimum atomic E-state index is 1.20. The van der Waals surface area contributed by atoms with E-state index in [1.54, 1.807) is 0 Å². The van der Waals surface area contributed by atoms with Gasteiger partial charge in [0.1, 0.15) is 0 Å². The topological polar surface area (TPSA) is 0 Å². The first-order valence-electron chi connectivity index (χ1n) is 4.60. The fourth-order valence-corrected chi connectivity index (χ4v) is 0.532. The molecule has 0 aromatic rings. The number of rotatable bonds is 3. The quantitative estimate of drug-likeness (QED) is 0.531. The van der Waals surface area contributed by atoms with E-state index in [0.29, 0.717) is 0 Å². The van der Waals surface area contributed by atoms with E-state index in [1.807, 2.05) is 13.8 Å². The summed E-state index contributed by atoms with van der Waals surface area (Å²) in [4.78, 5) is 0. The van der Waals surface area contributed by atoms with E-state index in [0.717, 1.165) is 0 Å². The molecule has 0 N–H and O–H groups in total. The van der Waals surface area contributed by atoms with Gasteiger partial charge in [-0.1, -0.05) is 51.0 Å². The summed E-state index contributed by atoms with van der Waals surface area (Å²) in [6.45, 7) is 10.4. The van der Waals surface area contributed by atoms with Crippen molar-refractivity contribution in [1.29, 1.82) is 0 Å². The monoisotopic (exact) mass is 154 g/mol. The molecule has 0 saturated heterocycles. The van der Waals surface area contributed by atoms with Crippen LogP contribution in [0.5, 0.6) is 0 Å². The van der Waals surface area contributed by atoms with Crippen molar-refractivity contribution < 1.29 is 0 Å². The Hall–Kier alpha value is -0.520. The van der Waals surface area contributed by atoms with Crippen LogP contribution in [0.2, 0.25) is 0 Å². The SMILES string of the molecule is C/C=C(C)\C=C/CCC.CC. The maximum absolute atomic E-state index is 2.22. The molecule has 0 spiro atoms. The minimum Gasteiger partial charge on any atom is -0.0847 e. The summed E-state index contributed by atoms with van der Waals surface area (Å²) in [7, 11) is 0. The van der Waals surface area contributed by atoms with Crippen molar-refractivity contribution in [1.82, 2.24) is 0 Å². The molecule has 0 atom stereocenters. The van der Waals surface area contributed by atoms with Crippen LogP contribution >= 0.6 is 0 Å². The Kier molecular flexibility index (Phi) is 14.5. The molecule has 0 aromatic carbocycles. The number of hydrogen-bond acceptors (Lipinski definition) is 0. The molecule has 0 bridgehead atoms. The molecule has 0 nitrogen and oxygen atoms in total. The summed E-state index contributed by atoms with van der Waals surface area (Å²) in [6.07, 6.45) is 8.95. The third-order valence-corrected chi connectivity index (χ3v) is 1.29. The minimum absolute atomic E-state index is 1.20. The third-order valence-electron chi connectivity index (χ3n) is 1.29. The zero-order valence-electron chi connectivity index (χ0n) is 8.65. The van der Waals surface area contributed by atoms with E-state index >= 15 is 0 Å². The standard InChI is InChI=1S/C9H16.C2H6/c1-4-6-7-8-9(3)5-2;1-2/h5,7-8H,4,6H2,1-3H3;1-2H3/b8-7-,9-5-;. The molecule has 66 valence electrons. The van der Waals surface area contributed by atoms with Gasteiger partial charge in [0, 0.05) is 0 Å². The molecule has 0 aromatic heterocycles. The van der Waals surface area contributed by atoms with Crippen LogP contribution in [0.3, 0.4) is 0 Å². The van der Waals surface area contributed by atoms with Gasteiger partial charge in [0.05, 0.1) is 0 Å². The lowest BCUT2D eigenvalue weighted by atomic mass is 10.2. The first-order valence-corrected chi connectivity index (χ1v) is 4.60. The third kappa shape index (κ3) is 12.6. The Morgan fingerprint density at radius 2 is 1.82 bits per heavy atom. The highest BCUT2D eigenvalue weighted by Gasteiger charge is 1.75. The van der Waals surface area contributed by atoms with Gasteiger partial charge in [0.2, 0.25) is 0 Å². The van der Waals surface area contributed by atoms with E-state index in [-0.39, 0.29) is 0 Å². The molecule has 0 aliphatic carbocycles. The molecule has 0 aliphatic rings. The Morgan fingerprint density at radius 1 is 1.27 bits per heavy atom. The lowest BCUT2D eigenvalue weighted by Gasteiger charge is -1.86. The second-order valence-electron chi connectivity index (χ2n) is 2.22. The molecule has 0 fully saturated rings. The van der Waals surface area contributed by atoms with Crippen LogP contribution in [0, 0.1) is 0 Å². The van der Waals surface area contributed by atoms with Crippen molar-refractivity contribution in [2.45, 2.75) is 47.5 Å². The number of hydrogen-bond donors (Lipinski definition) is 0. The predicted octanol–water partition coefficient (Wildman–Crippen LogP) is 4.34. The molecule has 0 saturated carbocycles. The van der Waals surface area contributed by atoms with E-state index < -0.39 is 0 Å². The molecular formula is C11H22. The zero-order chi connectivity index (χ0) is 9.11. The van der Waals surface area contributed by atoms with Crippen molar-refractivity contribution >= 4 is 0 Å². The molecule has 0 unspecified atom stereocenters. The molecule has 0 rings (SSSR count). The van der Waals surface area contributed by atoms with Gasteiger partial charge in [-0.15, -0.1) is 0 Å². The van der Waals surface area contributed by atoms with Crippen LogP contribution in [-0.2, 0) is 0 Å². The van der Waals surface area contributed by atoms with Crippen LogP contribution in [0.15, 0.2) is 23.8 Å². The summed E-state index contributed by atoms with van der Waals surface area (Å²) in [5.41, 5.74) is 1.35. The van der Waals surface area contributed by atoms with Crippen LogP contribution < -0.4 is 0 Å². The van der Waals surface area contributed by atoms with Crippen LogP contribution in [-0.4, -0.2) is 0 Å². The second kappa shape index (κ2) is 12.2. The van der Waals surface area contributed by atoms with E-state index in [1.165, 1.54) is 18.4 Å². The van der Waals surface area contributed by atoms with Crippen LogP contribution in [0.25, 0.3) is 0 Å². The Bertz CT molecular complexity index is 107. The van der Waals surface area contributed by atoms with Gasteiger partial charge >= 0.3 is 0 Å². The van der Waals surface area contributed by atoms with E-state index in [4.69, 9.17) is 0 Å². The summed E-state index contributed by atoms with van der Waals surface area (Å²) in [5, 5.41) is 0. The Labute approximate surface area is 72.0 Å². The van der Waals surface area contributed by atoms with Crippen LogP contribution in [0.4, 0.5) is 0 Å². The van der Waals surface area contributed by atoms with Gasteiger partial charge in [0.25, 0.3) is 0 Å². The van der Waals surface area contributed by atoms with Gasteiger partial charge in [-0.3, -0.25) is 0 Å². The lowest BCUT2D eigenvalue weighted by molar-refractivity contribution is 0.957. The maximum Gasteiger partial charge on any atom is -0.0350 e. The molecule has 0 heterocycles. The van der Waals surface area contributed by atoms with E-state index in [2.05, 4.69) is 39.0 Å². The van der Waals surface area contributed by atoms with Crippen molar-refractivity contribution in [3.05, 3.63) is 23.8 Å². The van der Waals surface area contributed by atoms with E-state index in [9.17, 15) is 0 Å². The first kappa shape index (κ1) is 13.1. The highest BCUT2D eigenvalue weighted by atomic mass is 13.8. The molecule has 0 radical (unpaired) electrons.